The Hall–Kier alpha value is -1.92. The van der Waals surface area contributed by atoms with E-state index in [4.69, 9.17) is 14.2 Å². The van der Waals surface area contributed by atoms with Crippen molar-refractivity contribution in [1.29, 1.82) is 0 Å². The zero-order chi connectivity index (χ0) is 17.3. The molecule has 1 fully saturated rings. The van der Waals surface area contributed by atoms with Gasteiger partial charge in [-0.05, 0) is 39.8 Å². The van der Waals surface area contributed by atoms with Crippen LogP contribution in [0.1, 0.15) is 33.3 Å². The third-order valence-corrected chi connectivity index (χ3v) is 4.32. The number of ether oxygens (including phenoxy) is 3. The molecule has 0 aliphatic carbocycles. The first-order valence-electron chi connectivity index (χ1n) is 7.47. The topological polar surface area (TPSA) is 70.8 Å². The summed E-state index contributed by atoms with van der Waals surface area (Å²) >= 11 is 0. The molecule has 2 rings (SSSR count). The van der Waals surface area contributed by atoms with Gasteiger partial charge in [-0.2, -0.15) is 4.74 Å². The van der Waals surface area contributed by atoms with Gasteiger partial charge >= 0.3 is 12.0 Å². The number of rotatable bonds is 4. The van der Waals surface area contributed by atoms with Gasteiger partial charge in [0, 0.05) is 5.56 Å². The third-order valence-electron chi connectivity index (χ3n) is 4.32. The van der Waals surface area contributed by atoms with Crippen LogP contribution in [0.2, 0.25) is 0 Å². The molecule has 0 amide bonds. The number of hydroxylamine groups is 1. The fourth-order valence-electron chi connectivity index (χ4n) is 2.24. The number of methoxy groups -OCH3 is 1. The maximum Gasteiger partial charge on any atom is 0.382 e. The highest BCUT2D eigenvalue weighted by Crippen LogP contribution is 2.39. The van der Waals surface area contributed by atoms with E-state index in [1.165, 1.54) is 13.3 Å². The first kappa shape index (κ1) is 17.4. The summed E-state index contributed by atoms with van der Waals surface area (Å²) in [6.07, 6.45) is 0.317. The number of carbonyl (C=O) groups excluding carboxylic acids is 1. The van der Waals surface area contributed by atoms with E-state index in [2.05, 4.69) is 0 Å². The van der Waals surface area contributed by atoms with Crippen molar-refractivity contribution in [2.45, 2.75) is 51.2 Å². The summed E-state index contributed by atoms with van der Waals surface area (Å²) in [5.41, 5.74) is -0.609. The second-order valence-corrected chi connectivity index (χ2v) is 6.49. The first-order chi connectivity index (χ1) is 10.7. The quantitative estimate of drug-likeness (QED) is 0.279. The fraction of sp³-hybridized carbons (Fsp3) is 0.529. The molecule has 0 N–H and O–H groups in total. The van der Waals surface area contributed by atoms with E-state index < -0.39 is 29.5 Å². The minimum absolute atomic E-state index is 0.531. The molecule has 0 radical (unpaired) electrons. The van der Waals surface area contributed by atoms with Gasteiger partial charge in [-0.25, -0.2) is 4.79 Å². The summed E-state index contributed by atoms with van der Waals surface area (Å²) in [4.78, 5) is 12.1. The van der Waals surface area contributed by atoms with Crippen molar-refractivity contribution in [3.05, 3.63) is 41.1 Å². The zero-order valence-corrected chi connectivity index (χ0v) is 14.1. The summed E-state index contributed by atoms with van der Waals surface area (Å²) in [6, 6.07) is 7.76. The van der Waals surface area contributed by atoms with Gasteiger partial charge in [0.2, 0.25) is 6.29 Å². The van der Waals surface area contributed by atoms with E-state index in [1.54, 1.807) is 12.1 Å². The lowest BCUT2D eigenvalue weighted by molar-refractivity contribution is -0.510. The Morgan fingerprint density at radius 2 is 1.74 bits per heavy atom. The summed E-state index contributed by atoms with van der Waals surface area (Å²) in [6.45, 7) is 7.43. The Bertz CT molecular complexity index is 578. The molecule has 126 valence electrons. The minimum atomic E-state index is -1.23. The molecule has 6 nitrogen and oxygen atoms in total. The van der Waals surface area contributed by atoms with Crippen LogP contribution in [-0.4, -0.2) is 47.6 Å². The van der Waals surface area contributed by atoms with Gasteiger partial charge in [0.15, 0.2) is 6.21 Å². The Balaban J connectivity index is 2.32. The monoisotopic (exact) mass is 321 g/mol. The number of esters is 1. The Kier molecular flexibility index (Phi) is 4.77. The number of hydrogen-bond donors (Lipinski definition) is 0. The van der Waals surface area contributed by atoms with Crippen LogP contribution < -0.4 is 0 Å². The lowest BCUT2D eigenvalue weighted by Crippen LogP contribution is -2.44. The normalized spacial score (nSPS) is 21.9. The molecule has 6 heteroatoms. The van der Waals surface area contributed by atoms with E-state index >= 15 is 0 Å². The SMILES string of the molecule is COC(=O)C(C1OC(C)(C)C(C)(C)O1)/[N+]([O-])=C/c1ccccc1. The zero-order valence-electron chi connectivity index (χ0n) is 14.1. The van der Waals surface area contributed by atoms with Crippen molar-refractivity contribution in [3.63, 3.8) is 0 Å². The second kappa shape index (κ2) is 6.29. The van der Waals surface area contributed by atoms with E-state index in [0.29, 0.717) is 10.3 Å². The van der Waals surface area contributed by atoms with E-state index in [-0.39, 0.29) is 0 Å². The summed E-state index contributed by atoms with van der Waals surface area (Å²) in [5, 5.41) is 12.5. The van der Waals surface area contributed by atoms with Gasteiger partial charge in [-0.15, -0.1) is 0 Å². The highest BCUT2D eigenvalue weighted by molar-refractivity contribution is 5.79. The number of hydrogen-bond acceptors (Lipinski definition) is 5. The van der Waals surface area contributed by atoms with Crippen LogP contribution in [0.15, 0.2) is 30.3 Å². The van der Waals surface area contributed by atoms with Gasteiger partial charge < -0.3 is 19.4 Å². The molecule has 0 saturated carbocycles. The number of nitrogens with zero attached hydrogens (tertiary/aromatic N) is 1. The Morgan fingerprint density at radius 3 is 2.22 bits per heavy atom. The first-order valence-corrected chi connectivity index (χ1v) is 7.47. The van der Waals surface area contributed by atoms with Gasteiger partial charge in [-0.1, -0.05) is 18.2 Å². The maximum absolute atomic E-state index is 12.5. The van der Waals surface area contributed by atoms with Crippen molar-refractivity contribution < 1.29 is 23.7 Å². The van der Waals surface area contributed by atoms with Gasteiger partial charge in [0.05, 0.1) is 18.3 Å². The van der Waals surface area contributed by atoms with E-state index in [9.17, 15) is 10.0 Å². The summed E-state index contributed by atoms with van der Waals surface area (Å²) < 4.78 is 16.9. The van der Waals surface area contributed by atoms with Crippen molar-refractivity contribution in [1.82, 2.24) is 0 Å². The highest BCUT2D eigenvalue weighted by atomic mass is 16.8. The van der Waals surface area contributed by atoms with Crippen molar-refractivity contribution in [2.75, 3.05) is 7.11 Å². The number of carbonyl (C=O) groups is 1. The van der Waals surface area contributed by atoms with E-state index in [0.717, 1.165) is 0 Å². The molecule has 1 unspecified atom stereocenters. The Morgan fingerprint density at radius 1 is 1.22 bits per heavy atom. The summed E-state index contributed by atoms with van der Waals surface area (Å²) in [7, 11) is 1.23. The molecule has 1 aliphatic heterocycles. The predicted molar refractivity (Wildman–Crippen MR) is 85.2 cm³/mol. The van der Waals surface area contributed by atoms with Crippen molar-refractivity contribution in [3.8, 4) is 0 Å². The molecule has 1 heterocycles. The lowest BCUT2D eigenvalue weighted by Gasteiger charge is -2.30. The molecular formula is C17H23NO5. The van der Waals surface area contributed by atoms with Crippen LogP contribution in [-0.2, 0) is 19.0 Å². The van der Waals surface area contributed by atoms with E-state index in [1.807, 2.05) is 45.9 Å². The molecule has 1 saturated heterocycles. The molecule has 0 bridgehead atoms. The molecule has 1 aliphatic rings. The van der Waals surface area contributed by atoms with Crippen LogP contribution in [0, 0.1) is 5.21 Å². The molecule has 0 spiro atoms. The largest absolute Gasteiger partial charge is 0.623 e. The third kappa shape index (κ3) is 3.54. The predicted octanol–water partition coefficient (Wildman–Crippen LogP) is 2.09. The second-order valence-electron chi connectivity index (χ2n) is 6.49. The highest BCUT2D eigenvalue weighted by Gasteiger charge is 2.55. The average molecular weight is 321 g/mol. The molecule has 1 atom stereocenters. The standard InChI is InChI=1S/C17H23NO5/c1-16(2)17(3,4)23-15(22-16)13(14(19)21-5)18(20)11-12-9-7-6-8-10-12/h6-11,13,15H,1-5H3/b18-11-. The van der Waals surface area contributed by atoms with Crippen LogP contribution in [0.5, 0.6) is 0 Å². The molecule has 1 aromatic carbocycles. The van der Waals surface area contributed by atoms with Crippen molar-refractivity contribution in [2.24, 2.45) is 0 Å². The van der Waals surface area contributed by atoms with Gasteiger partial charge in [0.25, 0.3) is 0 Å². The lowest BCUT2D eigenvalue weighted by atomic mass is 9.90. The van der Waals surface area contributed by atoms with Crippen LogP contribution in [0.25, 0.3) is 0 Å². The molecule has 0 aromatic heterocycles. The molecule has 23 heavy (non-hydrogen) atoms. The Labute approximate surface area is 136 Å². The van der Waals surface area contributed by atoms with Crippen molar-refractivity contribution >= 4 is 12.2 Å². The average Bonchev–Trinajstić information content (AvgIpc) is 2.68. The number of benzene rings is 1. The van der Waals surface area contributed by atoms with Crippen LogP contribution in [0.3, 0.4) is 0 Å². The smallest absolute Gasteiger partial charge is 0.382 e. The maximum atomic E-state index is 12.5. The van der Waals surface area contributed by atoms with Gasteiger partial charge in [-0.3, -0.25) is 0 Å². The minimum Gasteiger partial charge on any atom is -0.623 e. The fourth-order valence-corrected chi connectivity index (χ4v) is 2.24. The summed E-state index contributed by atoms with van der Waals surface area (Å²) in [5.74, 6) is -0.703. The molecular weight excluding hydrogens is 298 g/mol. The molecule has 1 aromatic rings. The van der Waals surface area contributed by atoms with Crippen LogP contribution in [0.4, 0.5) is 0 Å². The van der Waals surface area contributed by atoms with Crippen LogP contribution >= 0.6 is 0 Å². The van der Waals surface area contributed by atoms with Gasteiger partial charge in [0.1, 0.15) is 0 Å².